The number of aryl methyl sites for hydroxylation is 1. The van der Waals surface area contributed by atoms with Crippen LogP contribution in [0.25, 0.3) is 0 Å². The van der Waals surface area contributed by atoms with Crippen LogP contribution in [-0.2, 0) is 0 Å². The normalized spacial score (nSPS) is 27.5. The first-order valence-electron chi connectivity index (χ1n) is 5.64. The van der Waals surface area contributed by atoms with Crippen LogP contribution in [0.4, 0.5) is 0 Å². The summed E-state index contributed by atoms with van der Waals surface area (Å²) in [4.78, 5) is 13.8. The van der Waals surface area contributed by atoms with E-state index in [2.05, 4.69) is 15.4 Å². The van der Waals surface area contributed by atoms with Crippen LogP contribution in [-0.4, -0.2) is 50.0 Å². The van der Waals surface area contributed by atoms with Crippen molar-refractivity contribution in [3.63, 3.8) is 0 Å². The third kappa shape index (κ3) is 1.82. The lowest BCUT2D eigenvalue weighted by Gasteiger charge is -2.30. The van der Waals surface area contributed by atoms with Gasteiger partial charge in [0.15, 0.2) is 5.69 Å². The van der Waals surface area contributed by atoms with Crippen molar-refractivity contribution in [1.29, 1.82) is 0 Å². The van der Waals surface area contributed by atoms with Gasteiger partial charge in [0.1, 0.15) is 0 Å². The fraction of sp³-hybridized carbons (Fsp3) is 0.727. The molecule has 0 aliphatic carbocycles. The maximum Gasteiger partial charge on any atom is 0.276 e. The summed E-state index contributed by atoms with van der Waals surface area (Å²) in [7, 11) is 0. The Balaban J connectivity index is 2.23. The van der Waals surface area contributed by atoms with Crippen LogP contribution in [0.2, 0.25) is 0 Å². The molecule has 0 aromatic carbocycles. The second kappa shape index (κ2) is 3.53. The largest absolute Gasteiger partial charge is 0.388 e. The van der Waals surface area contributed by atoms with E-state index < -0.39 is 5.60 Å². The number of nitrogens with one attached hydrogen (secondary N) is 1. The predicted molar refractivity (Wildman–Crippen MR) is 61.4 cm³/mol. The number of hydrogen-bond acceptors (Lipinski definition) is 4. The molecule has 1 aliphatic heterocycles. The lowest BCUT2D eigenvalue weighted by atomic mass is 9.79. The lowest BCUT2D eigenvalue weighted by molar-refractivity contribution is -0.0108. The minimum Gasteiger partial charge on any atom is -0.388 e. The number of β-amino-alcohol motifs (C(OH)–C–C–N with tert-alkyl or cyclic N) is 1. The number of amides is 1. The molecule has 1 aromatic heterocycles. The molecule has 17 heavy (non-hydrogen) atoms. The molecule has 6 heteroatoms. The van der Waals surface area contributed by atoms with Gasteiger partial charge in [-0.1, -0.05) is 13.8 Å². The van der Waals surface area contributed by atoms with Crippen LogP contribution >= 0.6 is 0 Å². The molecule has 1 aromatic rings. The molecule has 0 spiro atoms. The zero-order chi connectivity index (χ0) is 12.8. The van der Waals surface area contributed by atoms with Crippen LogP contribution in [0, 0.1) is 12.3 Å². The summed E-state index contributed by atoms with van der Waals surface area (Å²) >= 11 is 0. The molecular formula is C11H18N4O2. The van der Waals surface area contributed by atoms with Crippen molar-refractivity contribution >= 4 is 5.91 Å². The molecule has 2 rings (SSSR count). The number of aliphatic hydroxyl groups is 1. The smallest absolute Gasteiger partial charge is 0.276 e. The van der Waals surface area contributed by atoms with E-state index in [1.807, 2.05) is 13.8 Å². The second-order valence-electron chi connectivity index (χ2n) is 5.58. The maximum absolute atomic E-state index is 12.2. The number of hydrogen-bond donors (Lipinski definition) is 2. The molecule has 0 saturated carbocycles. The monoisotopic (exact) mass is 238 g/mol. The number of H-pyrrole nitrogens is 1. The molecule has 1 aliphatic rings. The summed E-state index contributed by atoms with van der Waals surface area (Å²) in [5, 5.41) is 20.4. The number of nitrogens with zero attached hydrogens (tertiary/aromatic N) is 3. The van der Waals surface area contributed by atoms with Gasteiger partial charge in [-0.05, 0) is 13.8 Å². The van der Waals surface area contributed by atoms with E-state index in [1.54, 1.807) is 18.7 Å². The van der Waals surface area contributed by atoms with E-state index in [9.17, 15) is 9.90 Å². The molecule has 94 valence electrons. The summed E-state index contributed by atoms with van der Waals surface area (Å²) in [6.07, 6.45) is 0. The van der Waals surface area contributed by atoms with Gasteiger partial charge >= 0.3 is 0 Å². The highest BCUT2D eigenvalue weighted by molar-refractivity contribution is 5.93. The number of carbonyl (C=O) groups is 1. The SMILES string of the molecule is Cc1n[nH]nc1C(=O)N1CC(C)(C)[C@](C)(O)C1. The first-order chi connectivity index (χ1) is 7.74. The average molecular weight is 238 g/mol. The summed E-state index contributed by atoms with van der Waals surface area (Å²) < 4.78 is 0. The van der Waals surface area contributed by atoms with Gasteiger partial charge in [0.05, 0.1) is 17.8 Å². The third-order valence-electron chi connectivity index (χ3n) is 3.75. The van der Waals surface area contributed by atoms with Crippen molar-refractivity contribution in [2.45, 2.75) is 33.3 Å². The van der Waals surface area contributed by atoms with Crippen LogP contribution in [0.5, 0.6) is 0 Å². The number of aromatic nitrogens is 3. The van der Waals surface area contributed by atoms with E-state index in [0.29, 0.717) is 24.5 Å². The molecule has 0 unspecified atom stereocenters. The molecule has 0 radical (unpaired) electrons. The standard InChI is InChI=1S/C11H18N4O2/c1-7-8(13-14-12-7)9(16)15-5-10(2,3)11(4,17)6-15/h17H,5-6H2,1-4H3,(H,12,13,14)/t11-/m1/s1. The van der Waals surface area contributed by atoms with Gasteiger partial charge in [-0.25, -0.2) is 0 Å². The first-order valence-corrected chi connectivity index (χ1v) is 5.64. The van der Waals surface area contributed by atoms with E-state index in [1.165, 1.54) is 0 Å². The molecule has 1 amide bonds. The minimum atomic E-state index is -0.875. The van der Waals surface area contributed by atoms with Crippen LogP contribution in [0.15, 0.2) is 0 Å². The maximum atomic E-state index is 12.2. The van der Waals surface area contributed by atoms with Crippen LogP contribution in [0.1, 0.15) is 37.0 Å². The van der Waals surface area contributed by atoms with E-state index >= 15 is 0 Å². The van der Waals surface area contributed by atoms with Gasteiger partial charge in [0, 0.05) is 12.0 Å². The van der Waals surface area contributed by atoms with E-state index in [0.717, 1.165) is 0 Å². The topological polar surface area (TPSA) is 82.1 Å². The van der Waals surface area contributed by atoms with Crippen LogP contribution in [0.3, 0.4) is 0 Å². The zero-order valence-corrected chi connectivity index (χ0v) is 10.6. The second-order valence-corrected chi connectivity index (χ2v) is 5.58. The molecule has 2 heterocycles. The highest BCUT2D eigenvalue weighted by Crippen LogP contribution is 2.38. The molecule has 0 bridgehead atoms. The molecule has 2 N–H and O–H groups in total. The Kier molecular flexibility index (Phi) is 2.50. The van der Waals surface area contributed by atoms with Gasteiger partial charge < -0.3 is 10.0 Å². The Morgan fingerprint density at radius 2 is 2.00 bits per heavy atom. The van der Waals surface area contributed by atoms with Crippen molar-refractivity contribution in [3.8, 4) is 0 Å². The van der Waals surface area contributed by atoms with E-state index in [-0.39, 0.29) is 11.3 Å². The van der Waals surface area contributed by atoms with Gasteiger partial charge in [-0.2, -0.15) is 15.4 Å². The Bertz CT molecular complexity index is 434. The Morgan fingerprint density at radius 3 is 2.41 bits per heavy atom. The summed E-state index contributed by atoms with van der Waals surface area (Å²) in [6, 6.07) is 0. The summed E-state index contributed by atoms with van der Waals surface area (Å²) in [5.74, 6) is -0.179. The first kappa shape index (κ1) is 12.0. The van der Waals surface area contributed by atoms with Crippen molar-refractivity contribution < 1.29 is 9.90 Å². The number of aromatic amines is 1. The van der Waals surface area contributed by atoms with Crippen molar-refractivity contribution in [3.05, 3.63) is 11.4 Å². The number of rotatable bonds is 1. The van der Waals surface area contributed by atoms with Gasteiger partial charge in [-0.3, -0.25) is 4.79 Å². The quantitative estimate of drug-likeness (QED) is 0.739. The van der Waals surface area contributed by atoms with Crippen molar-refractivity contribution in [2.75, 3.05) is 13.1 Å². The zero-order valence-electron chi connectivity index (χ0n) is 10.6. The molecule has 1 fully saturated rings. The number of likely N-dealkylation sites (tertiary alicyclic amines) is 1. The predicted octanol–water partition coefficient (Wildman–Crippen LogP) is 0.346. The Morgan fingerprint density at radius 1 is 1.35 bits per heavy atom. The summed E-state index contributed by atoms with van der Waals surface area (Å²) in [6.45, 7) is 8.24. The average Bonchev–Trinajstić information content (AvgIpc) is 2.68. The number of carbonyl (C=O) groups excluding carboxylic acids is 1. The molecule has 6 nitrogen and oxygen atoms in total. The molecular weight excluding hydrogens is 220 g/mol. The van der Waals surface area contributed by atoms with Crippen molar-refractivity contribution in [1.82, 2.24) is 20.3 Å². The summed E-state index contributed by atoms with van der Waals surface area (Å²) in [5.41, 5.74) is -0.279. The highest BCUT2D eigenvalue weighted by Gasteiger charge is 2.49. The Hall–Kier alpha value is -1.43. The fourth-order valence-electron chi connectivity index (χ4n) is 2.07. The molecule has 1 saturated heterocycles. The van der Waals surface area contributed by atoms with Gasteiger partial charge in [-0.15, -0.1) is 0 Å². The van der Waals surface area contributed by atoms with E-state index in [4.69, 9.17) is 0 Å². The minimum absolute atomic E-state index is 0.179. The Labute approximate surface area is 100 Å². The highest BCUT2D eigenvalue weighted by atomic mass is 16.3. The molecule has 1 atom stereocenters. The lowest BCUT2D eigenvalue weighted by Crippen LogP contribution is -2.40. The fourth-order valence-corrected chi connectivity index (χ4v) is 2.07. The van der Waals surface area contributed by atoms with Crippen LogP contribution < -0.4 is 0 Å². The van der Waals surface area contributed by atoms with Gasteiger partial charge in [0.2, 0.25) is 0 Å². The van der Waals surface area contributed by atoms with Crippen molar-refractivity contribution in [2.24, 2.45) is 5.41 Å². The van der Waals surface area contributed by atoms with Gasteiger partial charge in [0.25, 0.3) is 5.91 Å². The third-order valence-corrected chi connectivity index (χ3v) is 3.75.